The molecule has 0 aromatic heterocycles. The summed E-state index contributed by atoms with van der Waals surface area (Å²) in [6.07, 6.45) is -8.43. The van der Waals surface area contributed by atoms with Crippen LogP contribution < -0.4 is 10.1 Å². The number of amides is 1. The third-order valence-electron chi connectivity index (χ3n) is 1.67. The fourth-order valence-electron chi connectivity index (χ4n) is 1.01. The van der Waals surface area contributed by atoms with Gasteiger partial charge in [-0.1, -0.05) is 0 Å². The first-order chi connectivity index (χ1) is 7.79. The number of halogens is 4. The molecule has 3 nitrogen and oxygen atoms in total. The third-order valence-corrected chi connectivity index (χ3v) is 1.67. The molecule has 7 heteroatoms. The fourth-order valence-corrected chi connectivity index (χ4v) is 1.01. The lowest BCUT2D eigenvalue weighted by atomic mass is 10.3. The maximum atomic E-state index is 12.5. The summed E-state index contributed by atoms with van der Waals surface area (Å²) in [4.78, 5) is 10.7. The van der Waals surface area contributed by atoms with Gasteiger partial charge < -0.3 is 10.1 Å². The highest BCUT2D eigenvalue weighted by atomic mass is 19.4. The monoisotopic (exact) mass is 251 g/mol. The molecule has 1 atom stereocenters. The molecule has 17 heavy (non-hydrogen) atoms. The van der Waals surface area contributed by atoms with E-state index in [1.165, 1.54) is 19.1 Å². The minimum Gasteiger partial charge on any atom is -0.452 e. The zero-order valence-electron chi connectivity index (χ0n) is 8.72. The number of carbonyl (C=O) groups excluding carboxylic acids is 1. The molecule has 1 unspecified atom stereocenters. The second-order valence-corrected chi connectivity index (χ2v) is 3.18. The lowest BCUT2D eigenvalue weighted by Crippen LogP contribution is -2.29. The Labute approximate surface area is 94.4 Å². The lowest BCUT2D eigenvalue weighted by molar-refractivity contribution is -0.236. The van der Waals surface area contributed by atoms with Gasteiger partial charge in [0.25, 0.3) is 0 Å². The Balaban J connectivity index is 2.65. The van der Waals surface area contributed by atoms with Crippen molar-refractivity contribution in [1.29, 1.82) is 0 Å². The lowest BCUT2D eigenvalue weighted by Gasteiger charge is -2.14. The topological polar surface area (TPSA) is 38.3 Å². The number of hydrogen-bond acceptors (Lipinski definition) is 2. The fraction of sp³-hybridized carbons (Fsp3) is 0.300. The van der Waals surface area contributed by atoms with E-state index in [4.69, 9.17) is 0 Å². The van der Waals surface area contributed by atoms with Crippen LogP contribution in [0.2, 0.25) is 0 Å². The van der Waals surface area contributed by atoms with E-state index in [0.717, 1.165) is 12.1 Å². The smallest absolute Gasteiger partial charge is 0.452 e. The van der Waals surface area contributed by atoms with Crippen LogP contribution in [0.15, 0.2) is 24.3 Å². The highest BCUT2D eigenvalue weighted by Crippen LogP contribution is 2.26. The van der Waals surface area contributed by atoms with Gasteiger partial charge in [0.15, 0.2) is 0 Å². The Morgan fingerprint density at radius 1 is 1.29 bits per heavy atom. The summed E-state index contributed by atoms with van der Waals surface area (Å²) in [5, 5.41) is 2.41. The van der Waals surface area contributed by atoms with Crippen LogP contribution in [0, 0.1) is 0 Å². The molecular weight excluding hydrogens is 242 g/mol. The molecule has 0 radical (unpaired) electrons. The number of rotatable bonds is 3. The van der Waals surface area contributed by atoms with Crippen molar-refractivity contribution in [2.75, 3.05) is 5.32 Å². The number of ether oxygens (including phenoxy) is 1. The molecule has 1 aromatic carbocycles. The molecule has 1 N–H and O–H groups in total. The number of benzene rings is 1. The first-order valence-electron chi connectivity index (χ1n) is 4.54. The zero-order valence-corrected chi connectivity index (χ0v) is 8.72. The van der Waals surface area contributed by atoms with Crippen molar-refractivity contribution in [3.8, 4) is 5.75 Å². The molecule has 0 aliphatic carbocycles. The van der Waals surface area contributed by atoms with E-state index in [-0.39, 0.29) is 11.7 Å². The van der Waals surface area contributed by atoms with Gasteiger partial charge >= 0.3 is 12.5 Å². The predicted molar refractivity (Wildman–Crippen MR) is 52.3 cm³/mol. The van der Waals surface area contributed by atoms with Gasteiger partial charge in [0.2, 0.25) is 5.91 Å². The summed E-state index contributed by atoms with van der Waals surface area (Å²) in [6, 6.07) is 4.87. The molecule has 0 fully saturated rings. The van der Waals surface area contributed by atoms with Crippen molar-refractivity contribution < 1.29 is 27.1 Å². The molecule has 0 spiro atoms. The van der Waals surface area contributed by atoms with Crippen LogP contribution in [0.25, 0.3) is 0 Å². The Hall–Kier alpha value is -1.79. The van der Waals surface area contributed by atoms with Crippen LogP contribution in [0.4, 0.5) is 23.2 Å². The quantitative estimate of drug-likeness (QED) is 0.839. The van der Waals surface area contributed by atoms with Gasteiger partial charge in [-0.05, 0) is 24.3 Å². The van der Waals surface area contributed by atoms with Crippen molar-refractivity contribution in [1.82, 2.24) is 0 Å². The molecule has 1 rings (SSSR count). The molecule has 1 amide bonds. The van der Waals surface area contributed by atoms with Crippen molar-refractivity contribution in [3.05, 3.63) is 24.3 Å². The van der Waals surface area contributed by atoms with Gasteiger partial charge in [-0.2, -0.15) is 17.6 Å². The van der Waals surface area contributed by atoms with E-state index in [1.807, 2.05) is 0 Å². The van der Waals surface area contributed by atoms with Crippen LogP contribution in [-0.2, 0) is 4.79 Å². The first kappa shape index (κ1) is 13.3. The van der Waals surface area contributed by atoms with E-state index in [1.54, 1.807) is 0 Å². The Morgan fingerprint density at radius 2 is 1.82 bits per heavy atom. The largest absolute Gasteiger partial charge is 0.457 e. The average Bonchev–Trinajstić information content (AvgIpc) is 2.18. The Morgan fingerprint density at radius 3 is 2.24 bits per heavy atom. The second-order valence-electron chi connectivity index (χ2n) is 3.18. The van der Waals surface area contributed by atoms with Gasteiger partial charge in [-0.15, -0.1) is 0 Å². The van der Waals surface area contributed by atoms with Crippen molar-refractivity contribution in [2.45, 2.75) is 19.5 Å². The van der Waals surface area contributed by atoms with Gasteiger partial charge in [-0.25, -0.2) is 0 Å². The molecule has 0 aliphatic heterocycles. The van der Waals surface area contributed by atoms with E-state index in [0.29, 0.717) is 5.69 Å². The minimum absolute atomic E-state index is 0.274. The summed E-state index contributed by atoms with van der Waals surface area (Å²) >= 11 is 0. The summed E-state index contributed by atoms with van der Waals surface area (Å²) < 4.78 is 52.0. The van der Waals surface area contributed by atoms with Crippen LogP contribution in [-0.4, -0.2) is 18.4 Å². The first-order valence-corrected chi connectivity index (χ1v) is 4.54. The highest BCUT2D eigenvalue weighted by molar-refractivity contribution is 5.88. The number of carbonyl (C=O) groups is 1. The second kappa shape index (κ2) is 5.03. The van der Waals surface area contributed by atoms with Gasteiger partial charge in [-0.3, -0.25) is 4.79 Å². The predicted octanol–water partition coefficient (Wildman–Crippen LogP) is 2.88. The van der Waals surface area contributed by atoms with Crippen LogP contribution >= 0.6 is 0 Å². The molecular formula is C10H9F4NO2. The van der Waals surface area contributed by atoms with Crippen molar-refractivity contribution in [3.63, 3.8) is 0 Å². The van der Waals surface area contributed by atoms with E-state index < -0.39 is 12.5 Å². The summed E-state index contributed by atoms with van der Waals surface area (Å²) in [6.45, 7) is 1.28. The highest BCUT2D eigenvalue weighted by Gasteiger charge is 2.42. The molecule has 1 aromatic rings. The number of alkyl halides is 4. The average molecular weight is 251 g/mol. The summed E-state index contributed by atoms with van der Waals surface area (Å²) in [5.74, 6) is -0.596. The third kappa shape index (κ3) is 4.29. The van der Waals surface area contributed by atoms with Gasteiger partial charge in [0.05, 0.1) is 0 Å². The van der Waals surface area contributed by atoms with Gasteiger partial charge in [0, 0.05) is 12.6 Å². The van der Waals surface area contributed by atoms with Crippen molar-refractivity contribution >= 4 is 11.6 Å². The number of nitrogens with one attached hydrogen (secondary N) is 1. The minimum atomic E-state index is -5.06. The Kier molecular flexibility index (Phi) is 3.93. The molecule has 94 valence electrons. The van der Waals surface area contributed by atoms with Crippen LogP contribution in [0.1, 0.15) is 6.92 Å². The number of hydrogen-bond donors (Lipinski definition) is 1. The Bertz CT molecular complexity index is 388. The molecule has 0 bridgehead atoms. The van der Waals surface area contributed by atoms with Gasteiger partial charge in [0.1, 0.15) is 5.75 Å². The summed E-state index contributed by atoms with van der Waals surface area (Å²) in [5.41, 5.74) is 0.382. The number of anilines is 1. The van der Waals surface area contributed by atoms with Crippen molar-refractivity contribution in [2.24, 2.45) is 0 Å². The molecule has 0 saturated heterocycles. The molecule has 0 saturated carbocycles. The SMILES string of the molecule is CC(=O)Nc1ccc(OC(F)C(F)(F)F)cc1. The van der Waals surface area contributed by atoms with Crippen LogP contribution in [0.5, 0.6) is 5.75 Å². The normalized spacial score (nSPS) is 13.0. The zero-order chi connectivity index (χ0) is 13.1. The van der Waals surface area contributed by atoms with E-state index in [2.05, 4.69) is 10.1 Å². The molecule has 0 heterocycles. The van der Waals surface area contributed by atoms with E-state index >= 15 is 0 Å². The summed E-state index contributed by atoms with van der Waals surface area (Å²) in [7, 11) is 0. The van der Waals surface area contributed by atoms with Crippen LogP contribution in [0.3, 0.4) is 0 Å². The maximum Gasteiger partial charge on any atom is 0.457 e. The standard InChI is InChI=1S/C10H9F4NO2/c1-6(16)15-7-2-4-8(5-3-7)17-9(11)10(12,13)14/h2-5,9H,1H3,(H,15,16). The van der Waals surface area contributed by atoms with E-state index in [9.17, 15) is 22.4 Å². The molecule has 0 aliphatic rings. The maximum absolute atomic E-state index is 12.5.